The molecule has 1 saturated carbocycles. The summed E-state index contributed by atoms with van der Waals surface area (Å²) < 4.78 is 34.3. The Bertz CT molecular complexity index is 887. The summed E-state index contributed by atoms with van der Waals surface area (Å²) in [6.07, 6.45) is 0.354. The highest BCUT2D eigenvalue weighted by Crippen LogP contribution is 2.36. The molecule has 1 aromatic carbocycles. The highest BCUT2D eigenvalue weighted by molar-refractivity contribution is 5.94. The number of nitrogens with zero attached hydrogens (tertiary/aromatic N) is 3. The van der Waals surface area contributed by atoms with E-state index in [0.717, 1.165) is 18.5 Å². The Morgan fingerprint density at radius 2 is 1.92 bits per heavy atom. The third-order valence-electron chi connectivity index (χ3n) is 4.38. The van der Waals surface area contributed by atoms with Gasteiger partial charge in [0.15, 0.2) is 0 Å². The maximum Gasteiger partial charge on any atom is 0.315 e. The number of rotatable bonds is 5. The summed E-state index contributed by atoms with van der Waals surface area (Å²) >= 11 is 0. The molecular formula is C17H14F2N4O3. The zero-order chi connectivity index (χ0) is 18.1. The van der Waals surface area contributed by atoms with Crippen LogP contribution in [0.15, 0.2) is 45.6 Å². The quantitative estimate of drug-likeness (QED) is 0.750. The lowest BCUT2D eigenvalue weighted by atomic mass is 9.78. The standard InChI is InChI=1S/C17H14F2N4O3/c18-14(19)17-21-15(23-26-17)9-1-3-10(4-2-9)16(24)20-12-7-11(8-12)13-5-6-25-22-13/h1-6,11-12,14H,7-8H2,(H,20,24). The summed E-state index contributed by atoms with van der Waals surface area (Å²) in [5.74, 6) is -0.555. The zero-order valence-corrected chi connectivity index (χ0v) is 13.4. The summed E-state index contributed by atoms with van der Waals surface area (Å²) in [5.41, 5.74) is 1.87. The molecule has 1 fully saturated rings. The van der Waals surface area contributed by atoms with Crippen LogP contribution < -0.4 is 5.32 Å². The van der Waals surface area contributed by atoms with Crippen molar-refractivity contribution in [2.75, 3.05) is 0 Å². The Morgan fingerprint density at radius 1 is 1.15 bits per heavy atom. The van der Waals surface area contributed by atoms with Crippen LogP contribution in [0.25, 0.3) is 11.4 Å². The van der Waals surface area contributed by atoms with Crippen LogP contribution in [0.5, 0.6) is 0 Å². The van der Waals surface area contributed by atoms with Gasteiger partial charge in [-0.05, 0) is 25.0 Å². The second-order valence-electron chi connectivity index (χ2n) is 6.10. The molecule has 1 N–H and O–H groups in total. The van der Waals surface area contributed by atoms with Gasteiger partial charge in [0, 0.05) is 29.2 Å². The molecule has 3 aromatic rings. The van der Waals surface area contributed by atoms with Crippen molar-refractivity contribution in [3.05, 3.63) is 53.7 Å². The van der Waals surface area contributed by atoms with Gasteiger partial charge >= 0.3 is 6.43 Å². The van der Waals surface area contributed by atoms with Gasteiger partial charge < -0.3 is 14.4 Å². The molecule has 1 aliphatic rings. The fourth-order valence-electron chi connectivity index (χ4n) is 2.89. The summed E-state index contributed by atoms with van der Waals surface area (Å²) in [5, 5.41) is 10.4. The van der Waals surface area contributed by atoms with E-state index in [1.54, 1.807) is 24.3 Å². The van der Waals surface area contributed by atoms with Crippen LogP contribution in [-0.4, -0.2) is 27.2 Å². The Hall–Kier alpha value is -3.10. The molecule has 0 radical (unpaired) electrons. The fraction of sp³-hybridized carbons (Fsp3) is 0.294. The summed E-state index contributed by atoms with van der Waals surface area (Å²) in [6.45, 7) is 0. The van der Waals surface area contributed by atoms with E-state index in [2.05, 4.69) is 25.1 Å². The fourth-order valence-corrected chi connectivity index (χ4v) is 2.89. The van der Waals surface area contributed by atoms with Crippen molar-refractivity contribution in [3.8, 4) is 11.4 Å². The number of benzene rings is 1. The summed E-state index contributed by atoms with van der Waals surface area (Å²) in [7, 11) is 0. The lowest BCUT2D eigenvalue weighted by molar-refractivity contribution is 0.0907. The van der Waals surface area contributed by atoms with Crippen LogP contribution in [0.1, 0.15) is 47.1 Å². The average molecular weight is 360 g/mol. The van der Waals surface area contributed by atoms with Gasteiger partial charge in [-0.15, -0.1) is 0 Å². The van der Waals surface area contributed by atoms with E-state index in [0.29, 0.717) is 17.0 Å². The maximum absolute atomic E-state index is 12.5. The molecule has 4 rings (SSSR count). The number of carbonyl (C=O) groups is 1. The van der Waals surface area contributed by atoms with Gasteiger partial charge in [-0.1, -0.05) is 22.4 Å². The molecule has 2 heterocycles. The zero-order valence-electron chi connectivity index (χ0n) is 13.4. The minimum Gasteiger partial charge on any atom is -0.365 e. The second-order valence-corrected chi connectivity index (χ2v) is 6.10. The number of halogens is 2. The van der Waals surface area contributed by atoms with Crippen molar-refractivity contribution in [3.63, 3.8) is 0 Å². The highest BCUT2D eigenvalue weighted by atomic mass is 19.3. The first kappa shape index (κ1) is 16.4. The van der Waals surface area contributed by atoms with Gasteiger partial charge in [0.2, 0.25) is 5.82 Å². The number of amides is 1. The minimum atomic E-state index is -2.81. The van der Waals surface area contributed by atoms with Gasteiger partial charge in [0.25, 0.3) is 11.8 Å². The molecule has 1 aliphatic carbocycles. The van der Waals surface area contributed by atoms with Crippen molar-refractivity contribution < 1.29 is 22.6 Å². The molecule has 0 spiro atoms. The van der Waals surface area contributed by atoms with Gasteiger partial charge in [-0.2, -0.15) is 13.8 Å². The SMILES string of the molecule is O=C(NC1CC(c2ccon2)C1)c1ccc(-c2noc(C(F)F)n2)cc1. The van der Waals surface area contributed by atoms with Crippen LogP contribution in [-0.2, 0) is 0 Å². The first-order valence-electron chi connectivity index (χ1n) is 8.03. The van der Waals surface area contributed by atoms with E-state index in [-0.39, 0.29) is 17.8 Å². The van der Waals surface area contributed by atoms with E-state index in [1.165, 1.54) is 6.26 Å². The monoisotopic (exact) mass is 360 g/mol. The minimum absolute atomic E-state index is 0.0571. The molecule has 0 bridgehead atoms. The third-order valence-corrected chi connectivity index (χ3v) is 4.38. The van der Waals surface area contributed by atoms with Crippen LogP contribution in [0.4, 0.5) is 8.78 Å². The Morgan fingerprint density at radius 3 is 2.54 bits per heavy atom. The molecule has 0 atom stereocenters. The lowest BCUT2D eigenvalue weighted by Gasteiger charge is -2.34. The lowest BCUT2D eigenvalue weighted by Crippen LogP contribution is -2.43. The molecule has 2 aromatic heterocycles. The van der Waals surface area contributed by atoms with Gasteiger partial charge in [-0.3, -0.25) is 4.79 Å². The van der Waals surface area contributed by atoms with Gasteiger partial charge in [0.1, 0.15) is 6.26 Å². The molecule has 0 unspecified atom stereocenters. The number of aromatic nitrogens is 3. The Kier molecular flexibility index (Phi) is 4.19. The predicted octanol–water partition coefficient (Wildman–Crippen LogP) is 3.34. The van der Waals surface area contributed by atoms with E-state index in [1.807, 2.05) is 6.07 Å². The van der Waals surface area contributed by atoms with Crippen molar-refractivity contribution in [1.29, 1.82) is 0 Å². The van der Waals surface area contributed by atoms with Crippen molar-refractivity contribution in [1.82, 2.24) is 20.6 Å². The molecule has 9 heteroatoms. The van der Waals surface area contributed by atoms with Gasteiger partial charge in [-0.25, -0.2) is 0 Å². The summed E-state index contributed by atoms with van der Waals surface area (Å²) in [6, 6.07) is 8.30. The molecule has 0 aliphatic heterocycles. The number of hydrogen-bond donors (Lipinski definition) is 1. The number of nitrogens with one attached hydrogen (secondary N) is 1. The smallest absolute Gasteiger partial charge is 0.315 e. The first-order chi connectivity index (χ1) is 12.6. The van der Waals surface area contributed by atoms with Crippen LogP contribution in [0.3, 0.4) is 0 Å². The van der Waals surface area contributed by atoms with Crippen LogP contribution in [0, 0.1) is 0 Å². The average Bonchev–Trinajstić information content (AvgIpc) is 3.29. The Balaban J connectivity index is 1.35. The molecule has 0 saturated heterocycles. The molecule has 7 nitrogen and oxygen atoms in total. The second kappa shape index (κ2) is 6.66. The topological polar surface area (TPSA) is 94.1 Å². The van der Waals surface area contributed by atoms with Crippen molar-refractivity contribution in [2.45, 2.75) is 31.2 Å². The molecule has 1 amide bonds. The highest BCUT2D eigenvalue weighted by Gasteiger charge is 2.33. The number of carbonyl (C=O) groups excluding carboxylic acids is 1. The van der Waals surface area contributed by atoms with Gasteiger partial charge in [0.05, 0.1) is 5.69 Å². The molecule has 26 heavy (non-hydrogen) atoms. The predicted molar refractivity (Wildman–Crippen MR) is 84.4 cm³/mol. The molecule has 134 valence electrons. The summed E-state index contributed by atoms with van der Waals surface area (Å²) in [4.78, 5) is 15.9. The van der Waals surface area contributed by atoms with Crippen molar-refractivity contribution in [2.24, 2.45) is 0 Å². The third kappa shape index (κ3) is 3.19. The maximum atomic E-state index is 12.5. The van der Waals surface area contributed by atoms with Crippen molar-refractivity contribution >= 4 is 5.91 Å². The normalized spacial score (nSPS) is 19.3. The first-order valence-corrected chi connectivity index (χ1v) is 8.03. The van der Waals surface area contributed by atoms with E-state index < -0.39 is 12.3 Å². The van der Waals surface area contributed by atoms with E-state index in [4.69, 9.17) is 4.52 Å². The number of hydrogen-bond acceptors (Lipinski definition) is 6. The van der Waals surface area contributed by atoms with E-state index >= 15 is 0 Å². The Labute approximate surface area is 146 Å². The van der Waals surface area contributed by atoms with Crippen LogP contribution in [0.2, 0.25) is 0 Å². The largest absolute Gasteiger partial charge is 0.365 e. The van der Waals surface area contributed by atoms with E-state index in [9.17, 15) is 13.6 Å². The molecular weight excluding hydrogens is 346 g/mol. The number of alkyl halides is 2. The van der Waals surface area contributed by atoms with Crippen LogP contribution >= 0.6 is 0 Å².